The molecule has 2 fully saturated rings. The lowest BCUT2D eigenvalue weighted by atomic mass is 9.76. The zero-order valence-corrected chi connectivity index (χ0v) is 18.3. The molecular formula is C23H20F3N3O3S. The molecule has 3 amide bonds. The van der Waals surface area contributed by atoms with E-state index in [0.29, 0.717) is 28.3 Å². The van der Waals surface area contributed by atoms with Gasteiger partial charge in [0, 0.05) is 17.3 Å². The van der Waals surface area contributed by atoms with Gasteiger partial charge in [-0.25, -0.2) is 4.90 Å². The van der Waals surface area contributed by atoms with E-state index in [0.717, 1.165) is 12.1 Å². The van der Waals surface area contributed by atoms with Crippen LogP contribution >= 0.6 is 11.8 Å². The van der Waals surface area contributed by atoms with Crippen LogP contribution in [0.3, 0.4) is 0 Å². The molecule has 4 atom stereocenters. The molecule has 2 aromatic carbocycles. The number of rotatable bonds is 4. The molecule has 0 bridgehead atoms. The predicted octanol–water partition coefficient (Wildman–Crippen LogP) is 3.38. The number of imide groups is 1. The third kappa shape index (κ3) is 3.03. The van der Waals surface area contributed by atoms with Gasteiger partial charge in [-0.05, 0) is 36.6 Å². The van der Waals surface area contributed by atoms with Crippen molar-refractivity contribution >= 4 is 40.9 Å². The molecule has 33 heavy (non-hydrogen) atoms. The van der Waals surface area contributed by atoms with E-state index in [1.54, 1.807) is 36.0 Å². The number of hydrogen-bond donors (Lipinski definition) is 2. The topological polar surface area (TPSA) is 78.5 Å². The number of nitrogens with one attached hydrogen (secondary N) is 2. The highest BCUT2D eigenvalue weighted by molar-refractivity contribution is 7.98. The van der Waals surface area contributed by atoms with E-state index in [1.807, 2.05) is 6.26 Å². The van der Waals surface area contributed by atoms with Crippen LogP contribution in [-0.2, 0) is 26.1 Å². The largest absolute Gasteiger partial charge is 0.418 e. The Bertz CT molecular complexity index is 1170. The van der Waals surface area contributed by atoms with E-state index in [2.05, 4.69) is 10.6 Å². The van der Waals surface area contributed by atoms with Gasteiger partial charge in [-0.2, -0.15) is 24.9 Å². The fourth-order valence-corrected chi connectivity index (χ4v) is 5.89. The fourth-order valence-electron chi connectivity index (χ4n) is 5.40. The minimum atomic E-state index is -4.75. The van der Waals surface area contributed by atoms with Crippen LogP contribution in [0.25, 0.3) is 0 Å². The summed E-state index contributed by atoms with van der Waals surface area (Å²) in [5.41, 5.74) is -2.03. The van der Waals surface area contributed by atoms with Crippen LogP contribution in [-0.4, -0.2) is 35.8 Å². The molecule has 2 N–H and O–H groups in total. The Hall–Kier alpha value is -2.85. The Balaban J connectivity index is 1.67. The van der Waals surface area contributed by atoms with E-state index in [1.165, 1.54) is 12.1 Å². The number of benzene rings is 2. The molecular weight excluding hydrogens is 455 g/mol. The molecule has 6 nitrogen and oxygen atoms in total. The average Bonchev–Trinajstić information content (AvgIpc) is 3.36. The number of thioether (sulfide) groups is 1. The van der Waals surface area contributed by atoms with Crippen molar-refractivity contribution in [3.8, 4) is 0 Å². The fraction of sp³-hybridized carbons (Fsp3) is 0.348. The zero-order valence-electron chi connectivity index (χ0n) is 17.5. The summed E-state index contributed by atoms with van der Waals surface area (Å²) < 4.78 is 41.1. The molecule has 172 valence electrons. The molecule has 5 rings (SSSR count). The number of anilines is 2. The summed E-state index contributed by atoms with van der Waals surface area (Å²) >= 11 is 1.55. The molecule has 10 heteroatoms. The van der Waals surface area contributed by atoms with Gasteiger partial charge in [0.25, 0.3) is 0 Å². The van der Waals surface area contributed by atoms with Gasteiger partial charge in [0.15, 0.2) is 0 Å². The summed E-state index contributed by atoms with van der Waals surface area (Å²) in [5, 5.41) is 6.05. The normalized spacial score (nSPS) is 28.4. The van der Waals surface area contributed by atoms with Crippen molar-refractivity contribution in [2.45, 2.75) is 24.2 Å². The third-order valence-electron chi connectivity index (χ3n) is 6.71. The summed E-state index contributed by atoms with van der Waals surface area (Å²) in [4.78, 5) is 41.2. The van der Waals surface area contributed by atoms with Gasteiger partial charge >= 0.3 is 6.18 Å². The molecule has 2 saturated heterocycles. The van der Waals surface area contributed by atoms with Gasteiger partial charge in [-0.3, -0.25) is 19.7 Å². The van der Waals surface area contributed by atoms with Gasteiger partial charge < -0.3 is 5.32 Å². The van der Waals surface area contributed by atoms with E-state index in [4.69, 9.17) is 0 Å². The quantitative estimate of drug-likeness (QED) is 0.663. The Morgan fingerprint density at radius 2 is 1.73 bits per heavy atom. The molecule has 0 aromatic heterocycles. The number of alkyl halides is 3. The predicted molar refractivity (Wildman–Crippen MR) is 118 cm³/mol. The van der Waals surface area contributed by atoms with Crippen LogP contribution in [0.2, 0.25) is 0 Å². The van der Waals surface area contributed by atoms with Crippen LogP contribution in [0.4, 0.5) is 24.5 Å². The molecule has 2 aromatic rings. The summed E-state index contributed by atoms with van der Waals surface area (Å²) in [7, 11) is 0. The molecule has 3 aliphatic rings. The molecule has 0 saturated carbocycles. The Morgan fingerprint density at radius 3 is 2.45 bits per heavy atom. The summed E-state index contributed by atoms with van der Waals surface area (Å²) in [5.74, 6) is -3.44. The molecule has 1 spiro atoms. The van der Waals surface area contributed by atoms with Crippen LogP contribution in [0.1, 0.15) is 17.5 Å². The van der Waals surface area contributed by atoms with E-state index < -0.39 is 58.6 Å². The van der Waals surface area contributed by atoms with Crippen molar-refractivity contribution in [3.05, 3.63) is 59.7 Å². The summed E-state index contributed by atoms with van der Waals surface area (Å²) in [6, 6.07) is 10.9. The van der Waals surface area contributed by atoms with Crippen LogP contribution in [0, 0.1) is 11.8 Å². The average molecular weight is 475 g/mol. The van der Waals surface area contributed by atoms with Crippen molar-refractivity contribution < 1.29 is 27.6 Å². The van der Waals surface area contributed by atoms with Crippen molar-refractivity contribution in [2.75, 3.05) is 22.2 Å². The van der Waals surface area contributed by atoms with Crippen molar-refractivity contribution in [3.63, 3.8) is 0 Å². The van der Waals surface area contributed by atoms with Gasteiger partial charge in [0.05, 0.1) is 23.1 Å². The first kappa shape index (κ1) is 22.0. The van der Waals surface area contributed by atoms with Gasteiger partial charge in [-0.1, -0.05) is 30.3 Å². The SMILES string of the molecule is CSCC[C@@H]1N[C@]2(C(=O)Nc3ccccc32)[C@@H]2C(=O)N(c3ccccc3C(F)(F)F)C(=O)[C@@H]12. The van der Waals surface area contributed by atoms with Crippen LogP contribution in [0.15, 0.2) is 48.5 Å². The summed E-state index contributed by atoms with van der Waals surface area (Å²) in [6.07, 6.45) is -2.37. The maximum absolute atomic E-state index is 13.7. The first-order valence-electron chi connectivity index (χ1n) is 10.4. The number of para-hydroxylation sites is 2. The third-order valence-corrected chi connectivity index (χ3v) is 7.35. The van der Waals surface area contributed by atoms with Gasteiger partial charge in [-0.15, -0.1) is 0 Å². The monoisotopic (exact) mass is 475 g/mol. The number of hydrogen-bond acceptors (Lipinski definition) is 5. The molecule has 0 radical (unpaired) electrons. The van der Waals surface area contributed by atoms with E-state index in [-0.39, 0.29) is 0 Å². The van der Waals surface area contributed by atoms with Crippen molar-refractivity contribution in [2.24, 2.45) is 11.8 Å². The lowest BCUT2D eigenvalue weighted by Gasteiger charge is -2.30. The number of halogens is 3. The standard InChI is InChI=1S/C23H20F3N3O3S/c1-33-11-10-15-17-18(22(28-15)12-6-2-4-8-14(12)27-21(22)32)20(31)29(19(17)30)16-9-5-3-7-13(16)23(24,25)26/h2-9,15,17-18,28H,10-11H2,1H3,(H,27,32)/t15-,17-,18-,22-/m0/s1. The van der Waals surface area contributed by atoms with Gasteiger partial charge in [0.2, 0.25) is 17.7 Å². The number of nitrogens with zero attached hydrogens (tertiary/aromatic N) is 1. The second-order valence-corrected chi connectivity index (χ2v) is 9.36. The second-order valence-electron chi connectivity index (χ2n) is 8.37. The van der Waals surface area contributed by atoms with Crippen LogP contribution in [0.5, 0.6) is 0 Å². The number of fused-ring (bicyclic) bond motifs is 4. The maximum Gasteiger partial charge on any atom is 0.418 e. The van der Waals surface area contributed by atoms with Crippen molar-refractivity contribution in [1.29, 1.82) is 0 Å². The highest BCUT2D eigenvalue weighted by atomic mass is 32.2. The number of amides is 3. The lowest BCUT2D eigenvalue weighted by molar-refractivity contribution is -0.137. The first-order valence-corrected chi connectivity index (χ1v) is 11.8. The molecule has 0 aliphatic carbocycles. The zero-order chi connectivity index (χ0) is 23.5. The van der Waals surface area contributed by atoms with E-state index in [9.17, 15) is 27.6 Å². The highest BCUT2D eigenvalue weighted by Gasteiger charge is 2.70. The Labute approximate surface area is 191 Å². The maximum atomic E-state index is 13.7. The lowest BCUT2D eigenvalue weighted by Crippen LogP contribution is -2.53. The number of carbonyl (C=O) groups is 3. The van der Waals surface area contributed by atoms with E-state index >= 15 is 0 Å². The smallest absolute Gasteiger partial charge is 0.324 e. The highest BCUT2D eigenvalue weighted by Crippen LogP contribution is 2.54. The first-order chi connectivity index (χ1) is 15.7. The van der Waals surface area contributed by atoms with Crippen LogP contribution < -0.4 is 15.5 Å². The molecule has 3 aliphatic heterocycles. The minimum absolute atomic E-state index is 0.475. The Morgan fingerprint density at radius 1 is 1.03 bits per heavy atom. The Kier molecular flexibility index (Phi) is 5.06. The number of carbonyl (C=O) groups excluding carboxylic acids is 3. The second kappa shape index (κ2) is 7.59. The minimum Gasteiger partial charge on any atom is -0.324 e. The summed E-state index contributed by atoms with van der Waals surface area (Å²) in [6.45, 7) is 0. The molecule has 0 unspecified atom stereocenters. The van der Waals surface area contributed by atoms with Crippen molar-refractivity contribution in [1.82, 2.24) is 5.32 Å². The molecule has 3 heterocycles. The van der Waals surface area contributed by atoms with Gasteiger partial charge in [0.1, 0.15) is 5.54 Å².